The van der Waals surface area contributed by atoms with Crippen molar-refractivity contribution in [2.75, 3.05) is 13.1 Å². The van der Waals surface area contributed by atoms with E-state index in [1.165, 1.54) is 0 Å². The molecule has 2 rings (SSSR count). The minimum atomic E-state index is -1.55. The van der Waals surface area contributed by atoms with Crippen molar-refractivity contribution in [1.29, 1.82) is 0 Å². The van der Waals surface area contributed by atoms with Crippen molar-refractivity contribution in [3.8, 4) is 0 Å². The zero-order chi connectivity index (χ0) is 14.2. The smallest absolute Gasteiger partial charge is 0.308 e. The van der Waals surface area contributed by atoms with E-state index in [2.05, 4.69) is 0 Å². The molecule has 1 fully saturated rings. The largest absolute Gasteiger partial charge is 0.481 e. The Hall–Kier alpha value is -2.05. The Morgan fingerprint density at radius 3 is 2.42 bits per heavy atom. The maximum atomic E-state index is 13.4. The number of halogens is 3. The van der Waals surface area contributed by atoms with Crippen LogP contribution < -0.4 is 0 Å². The van der Waals surface area contributed by atoms with E-state index in [4.69, 9.17) is 5.11 Å². The minimum absolute atomic E-state index is 0.0746. The maximum Gasteiger partial charge on any atom is 0.308 e. The third kappa shape index (κ3) is 2.40. The van der Waals surface area contributed by atoms with Crippen molar-refractivity contribution in [2.24, 2.45) is 5.92 Å². The molecule has 1 unspecified atom stereocenters. The fourth-order valence-electron chi connectivity index (χ4n) is 2.03. The Balaban J connectivity index is 2.27. The van der Waals surface area contributed by atoms with Gasteiger partial charge in [0.1, 0.15) is 11.4 Å². The number of carbonyl (C=O) groups is 2. The Bertz CT molecular complexity index is 547. The SMILES string of the molecule is O=C(O)C1CCN(C(=O)c2c(F)ccc(F)c2F)C1. The third-order valence-electron chi connectivity index (χ3n) is 3.08. The van der Waals surface area contributed by atoms with Crippen molar-refractivity contribution >= 4 is 11.9 Å². The molecule has 1 heterocycles. The van der Waals surface area contributed by atoms with E-state index in [9.17, 15) is 22.8 Å². The first-order valence-electron chi connectivity index (χ1n) is 5.57. The lowest BCUT2D eigenvalue weighted by Crippen LogP contribution is -2.31. The number of hydrogen-bond acceptors (Lipinski definition) is 2. The van der Waals surface area contributed by atoms with Crippen molar-refractivity contribution in [3.05, 3.63) is 35.1 Å². The number of benzene rings is 1. The second-order valence-corrected chi connectivity index (χ2v) is 4.29. The van der Waals surface area contributed by atoms with Gasteiger partial charge < -0.3 is 10.0 Å². The number of carbonyl (C=O) groups excluding carboxylic acids is 1. The van der Waals surface area contributed by atoms with Crippen LogP contribution in [0.2, 0.25) is 0 Å². The van der Waals surface area contributed by atoms with Gasteiger partial charge in [-0.2, -0.15) is 0 Å². The monoisotopic (exact) mass is 273 g/mol. The highest BCUT2D eigenvalue weighted by Crippen LogP contribution is 2.22. The summed E-state index contributed by atoms with van der Waals surface area (Å²) in [6, 6.07) is 1.25. The molecule has 1 aliphatic heterocycles. The van der Waals surface area contributed by atoms with Gasteiger partial charge in [0, 0.05) is 13.1 Å². The summed E-state index contributed by atoms with van der Waals surface area (Å²) in [6.07, 6.45) is 0.208. The molecule has 0 radical (unpaired) electrons. The molecule has 102 valence electrons. The fourth-order valence-corrected chi connectivity index (χ4v) is 2.03. The lowest BCUT2D eigenvalue weighted by atomic mass is 10.1. The topological polar surface area (TPSA) is 57.6 Å². The summed E-state index contributed by atoms with van der Waals surface area (Å²) in [4.78, 5) is 23.7. The first-order chi connectivity index (χ1) is 8.91. The summed E-state index contributed by atoms with van der Waals surface area (Å²) in [7, 11) is 0. The fraction of sp³-hybridized carbons (Fsp3) is 0.333. The van der Waals surface area contributed by atoms with Crippen molar-refractivity contribution < 1.29 is 27.9 Å². The van der Waals surface area contributed by atoms with Crippen LogP contribution in [0.25, 0.3) is 0 Å². The number of aliphatic carboxylic acids is 1. The van der Waals surface area contributed by atoms with Gasteiger partial charge in [0.15, 0.2) is 11.6 Å². The molecule has 0 spiro atoms. The summed E-state index contributed by atoms with van der Waals surface area (Å²) < 4.78 is 39.9. The highest BCUT2D eigenvalue weighted by Gasteiger charge is 2.34. The van der Waals surface area contributed by atoms with Crippen LogP contribution in [0.4, 0.5) is 13.2 Å². The zero-order valence-corrected chi connectivity index (χ0v) is 9.70. The average Bonchev–Trinajstić information content (AvgIpc) is 2.84. The quantitative estimate of drug-likeness (QED) is 0.833. The van der Waals surface area contributed by atoms with E-state index in [0.29, 0.717) is 12.1 Å². The Labute approximate surface area is 106 Å². The number of hydrogen-bond donors (Lipinski definition) is 1. The van der Waals surface area contributed by atoms with E-state index < -0.39 is 40.8 Å². The molecule has 1 aromatic carbocycles. The molecule has 1 atom stereocenters. The molecule has 0 bridgehead atoms. The second-order valence-electron chi connectivity index (χ2n) is 4.29. The van der Waals surface area contributed by atoms with Crippen LogP contribution in [0.5, 0.6) is 0 Å². The Morgan fingerprint density at radius 2 is 1.84 bits per heavy atom. The molecule has 19 heavy (non-hydrogen) atoms. The Morgan fingerprint density at radius 1 is 1.21 bits per heavy atom. The molecule has 1 aromatic rings. The molecule has 7 heteroatoms. The number of likely N-dealkylation sites (tertiary alicyclic amines) is 1. The van der Waals surface area contributed by atoms with Gasteiger partial charge in [-0.05, 0) is 18.6 Å². The van der Waals surface area contributed by atoms with Crippen molar-refractivity contribution in [3.63, 3.8) is 0 Å². The van der Waals surface area contributed by atoms with Crippen LogP contribution in [0, 0.1) is 23.4 Å². The van der Waals surface area contributed by atoms with E-state index in [-0.39, 0.29) is 19.5 Å². The summed E-state index contributed by atoms with van der Waals surface area (Å²) in [5, 5.41) is 8.79. The van der Waals surface area contributed by atoms with Crippen molar-refractivity contribution in [2.45, 2.75) is 6.42 Å². The lowest BCUT2D eigenvalue weighted by molar-refractivity contribution is -0.141. The van der Waals surface area contributed by atoms with Crippen LogP contribution in [0.15, 0.2) is 12.1 Å². The molecule has 4 nitrogen and oxygen atoms in total. The number of amides is 1. The van der Waals surface area contributed by atoms with E-state index in [0.717, 1.165) is 4.90 Å². The van der Waals surface area contributed by atoms with Crippen LogP contribution in [-0.4, -0.2) is 35.0 Å². The van der Waals surface area contributed by atoms with Crippen molar-refractivity contribution in [1.82, 2.24) is 4.90 Å². The van der Waals surface area contributed by atoms with Crippen LogP contribution >= 0.6 is 0 Å². The molecule has 1 amide bonds. The molecule has 0 saturated carbocycles. The zero-order valence-electron chi connectivity index (χ0n) is 9.70. The predicted octanol–water partition coefficient (Wildman–Crippen LogP) is 1.65. The van der Waals surface area contributed by atoms with Crippen LogP contribution in [0.3, 0.4) is 0 Å². The third-order valence-corrected chi connectivity index (χ3v) is 3.08. The molecular weight excluding hydrogens is 263 g/mol. The number of carboxylic acids is 1. The second kappa shape index (κ2) is 4.91. The highest BCUT2D eigenvalue weighted by molar-refractivity contribution is 5.95. The molecule has 1 saturated heterocycles. The first-order valence-corrected chi connectivity index (χ1v) is 5.57. The molecule has 0 aromatic heterocycles. The van der Waals surface area contributed by atoms with Gasteiger partial charge in [0.05, 0.1) is 5.92 Å². The first kappa shape index (κ1) is 13.4. The summed E-state index contributed by atoms with van der Waals surface area (Å²) in [5.74, 6) is -6.90. The standard InChI is InChI=1S/C12H10F3NO3/c13-7-1-2-8(14)10(15)9(7)11(17)16-4-3-6(5-16)12(18)19/h1-2,6H,3-5H2,(H,18,19). The van der Waals surface area contributed by atoms with Crippen LogP contribution in [-0.2, 0) is 4.79 Å². The predicted molar refractivity (Wildman–Crippen MR) is 58.0 cm³/mol. The van der Waals surface area contributed by atoms with E-state index in [1.807, 2.05) is 0 Å². The van der Waals surface area contributed by atoms with Gasteiger partial charge in [0.2, 0.25) is 0 Å². The molecular formula is C12H10F3NO3. The summed E-state index contributed by atoms with van der Waals surface area (Å²) >= 11 is 0. The Kier molecular flexibility index (Phi) is 3.46. The van der Waals surface area contributed by atoms with Gasteiger partial charge in [-0.15, -0.1) is 0 Å². The molecule has 1 aliphatic rings. The van der Waals surface area contributed by atoms with Gasteiger partial charge in [-0.25, -0.2) is 13.2 Å². The molecule has 1 N–H and O–H groups in total. The number of rotatable bonds is 2. The highest BCUT2D eigenvalue weighted by atomic mass is 19.2. The maximum absolute atomic E-state index is 13.4. The van der Waals surface area contributed by atoms with Crippen LogP contribution in [0.1, 0.15) is 16.8 Å². The normalized spacial score (nSPS) is 18.7. The van der Waals surface area contributed by atoms with Gasteiger partial charge >= 0.3 is 5.97 Å². The number of nitrogens with zero attached hydrogens (tertiary/aromatic N) is 1. The lowest BCUT2D eigenvalue weighted by Gasteiger charge is -2.16. The van der Waals surface area contributed by atoms with Gasteiger partial charge in [-0.1, -0.05) is 0 Å². The molecule has 0 aliphatic carbocycles. The number of carboxylic acid groups (broad SMARTS) is 1. The van der Waals surface area contributed by atoms with Gasteiger partial charge in [0.25, 0.3) is 5.91 Å². The van der Waals surface area contributed by atoms with Gasteiger partial charge in [-0.3, -0.25) is 9.59 Å². The minimum Gasteiger partial charge on any atom is -0.481 e. The summed E-state index contributed by atoms with van der Waals surface area (Å²) in [5.41, 5.74) is -0.981. The van der Waals surface area contributed by atoms with E-state index in [1.54, 1.807) is 0 Å². The average molecular weight is 273 g/mol. The van der Waals surface area contributed by atoms with E-state index >= 15 is 0 Å². The summed E-state index contributed by atoms with van der Waals surface area (Å²) in [6.45, 7) is -0.0608.